The summed E-state index contributed by atoms with van der Waals surface area (Å²) >= 11 is 3.20. The van der Waals surface area contributed by atoms with Gasteiger partial charge >= 0.3 is 0 Å². The SMILES string of the molecule is O=C(Nc1c(F)cc(F)cc1F)c1ccc(Br)cc1. The molecule has 2 aromatic carbocycles. The molecule has 0 aromatic heterocycles. The van der Waals surface area contributed by atoms with Crippen molar-refractivity contribution in [2.45, 2.75) is 0 Å². The first-order valence-electron chi connectivity index (χ1n) is 5.19. The van der Waals surface area contributed by atoms with Crippen molar-refractivity contribution in [3.63, 3.8) is 0 Å². The molecule has 0 heterocycles. The number of benzene rings is 2. The van der Waals surface area contributed by atoms with Crippen molar-refractivity contribution in [1.29, 1.82) is 0 Å². The topological polar surface area (TPSA) is 29.1 Å². The van der Waals surface area contributed by atoms with E-state index in [0.717, 1.165) is 4.47 Å². The van der Waals surface area contributed by atoms with Gasteiger partial charge in [-0.3, -0.25) is 4.79 Å². The quantitative estimate of drug-likeness (QED) is 0.882. The van der Waals surface area contributed by atoms with Crippen LogP contribution in [0.5, 0.6) is 0 Å². The third-order valence-corrected chi connectivity index (χ3v) is 2.88. The Morgan fingerprint density at radius 2 is 1.53 bits per heavy atom. The Morgan fingerprint density at radius 1 is 1.00 bits per heavy atom. The van der Waals surface area contributed by atoms with Gasteiger partial charge in [0.2, 0.25) is 0 Å². The molecule has 0 saturated carbocycles. The molecule has 0 spiro atoms. The lowest BCUT2D eigenvalue weighted by atomic mass is 10.2. The largest absolute Gasteiger partial charge is 0.317 e. The summed E-state index contributed by atoms with van der Waals surface area (Å²) in [5.41, 5.74) is -0.444. The average molecular weight is 330 g/mol. The highest BCUT2D eigenvalue weighted by molar-refractivity contribution is 9.10. The zero-order valence-corrected chi connectivity index (χ0v) is 11.0. The van der Waals surface area contributed by atoms with Gasteiger partial charge in [0.05, 0.1) is 0 Å². The molecule has 2 rings (SSSR count). The molecular formula is C13H7BrF3NO. The van der Waals surface area contributed by atoms with Crippen molar-refractivity contribution in [2.24, 2.45) is 0 Å². The summed E-state index contributed by atoms with van der Waals surface area (Å²) in [5, 5.41) is 2.07. The minimum Gasteiger partial charge on any atom is -0.317 e. The van der Waals surface area contributed by atoms with Crippen molar-refractivity contribution >= 4 is 27.5 Å². The Labute approximate surface area is 115 Å². The maximum Gasteiger partial charge on any atom is 0.255 e. The summed E-state index contributed by atoms with van der Waals surface area (Å²) in [4.78, 5) is 11.8. The summed E-state index contributed by atoms with van der Waals surface area (Å²) in [7, 11) is 0. The van der Waals surface area contributed by atoms with Crippen LogP contribution in [0.25, 0.3) is 0 Å². The number of hydrogen-bond acceptors (Lipinski definition) is 1. The van der Waals surface area contributed by atoms with Gasteiger partial charge < -0.3 is 5.32 Å². The van der Waals surface area contributed by atoms with Crippen LogP contribution in [0.3, 0.4) is 0 Å². The number of rotatable bonds is 2. The Balaban J connectivity index is 2.26. The summed E-state index contributed by atoms with van der Waals surface area (Å²) in [6.45, 7) is 0. The van der Waals surface area contributed by atoms with Crippen molar-refractivity contribution in [1.82, 2.24) is 0 Å². The van der Waals surface area contributed by atoms with Gasteiger partial charge in [0.1, 0.15) is 11.5 Å². The van der Waals surface area contributed by atoms with E-state index in [1.54, 1.807) is 12.1 Å². The van der Waals surface area contributed by atoms with E-state index < -0.39 is 29.0 Å². The summed E-state index contributed by atoms with van der Waals surface area (Å²) < 4.78 is 40.2. The fourth-order valence-corrected chi connectivity index (χ4v) is 1.71. The van der Waals surface area contributed by atoms with Gasteiger partial charge in [-0.1, -0.05) is 15.9 Å². The summed E-state index contributed by atoms with van der Waals surface area (Å²) in [6.07, 6.45) is 0. The van der Waals surface area contributed by atoms with E-state index in [-0.39, 0.29) is 5.56 Å². The van der Waals surface area contributed by atoms with Crippen LogP contribution in [0.2, 0.25) is 0 Å². The van der Waals surface area contributed by atoms with Gasteiger partial charge in [-0.2, -0.15) is 0 Å². The van der Waals surface area contributed by atoms with E-state index in [4.69, 9.17) is 0 Å². The fourth-order valence-electron chi connectivity index (χ4n) is 1.45. The minimum atomic E-state index is -1.16. The second-order valence-corrected chi connectivity index (χ2v) is 4.62. The first-order chi connectivity index (χ1) is 8.97. The molecule has 6 heteroatoms. The number of carbonyl (C=O) groups excluding carboxylic acids is 1. The lowest BCUT2D eigenvalue weighted by Gasteiger charge is -2.08. The molecule has 0 atom stereocenters. The molecule has 2 nitrogen and oxygen atoms in total. The van der Waals surface area contributed by atoms with Gasteiger partial charge in [-0.05, 0) is 24.3 Å². The fraction of sp³-hybridized carbons (Fsp3) is 0. The molecule has 19 heavy (non-hydrogen) atoms. The Bertz CT molecular complexity index is 605. The van der Waals surface area contributed by atoms with Gasteiger partial charge in [0.15, 0.2) is 11.6 Å². The molecule has 0 saturated heterocycles. The lowest BCUT2D eigenvalue weighted by molar-refractivity contribution is 0.102. The predicted molar refractivity (Wildman–Crippen MR) is 68.4 cm³/mol. The van der Waals surface area contributed by atoms with Gasteiger partial charge in [0, 0.05) is 22.2 Å². The lowest BCUT2D eigenvalue weighted by Crippen LogP contribution is -2.14. The number of amides is 1. The van der Waals surface area contributed by atoms with Crippen molar-refractivity contribution in [2.75, 3.05) is 5.32 Å². The number of anilines is 1. The second-order valence-electron chi connectivity index (χ2n) is 3.71. The summed E-state index contributed by atoms with van der Waals surface area (Å²) in [5.74, 6) is -4.06. The van der Waals surface area contributed by atoms with Crippen LogP contribution in [-0.2, 0) is 0 Å². The molecule has 2 aromatic rings. The van der Waals surface area contributed by atoms with Crippen LogP contribution in [0.1, 0.15) is 10.4 Å². The van der Waals surface area contributed by atoms with Crippen molar-refractivity contribution in [3.8, 4) is 0 Å². The van der Waals surface area contributed by atoms with E-state index in [1.807, 2.05) is 0 Å². The van der Waals surface area contributed by atoms with E-state index in [2.05, 4.69) is 21.2 Å². The number of halogens is 4. The van der Waals surface area contributed by atoms with Gasteiger partial charge in [-0.25, -0.2) is 13.2 Å². The minimum absolute atomic E-state index is 0.228. The smallest absolute Gasteiger partial charge is 0.255 e. The molecule has 0 radical (unpaired) electrons. The van der Waals surface area contributed by atoms with Crippen LogP contribution in [0, 0.1) is 17.5 Å². The van der Waals surface area contributed by atoms with Gasteiger partial charge in [0.25, 0.3) is 5.91 Å². The standard InChI is InChI=1S/C13H7BrF3NO/c14-8-3-1-7(2-4-8)13(19)18-12-10(16)5-9(15)6-11(12)17/h1-6H,(H,18,19). The molecule has 0 aliphatic carbocycles. The molecule has 0 unspecified atom stereocenters. The molecule has 0 aliphatic rings. The number of carbonyl (C=O) groups is 1. The maximum atomic E-state index is 13.3. The molecule has 0 fully saturated rings. The Morgan fingerprint density at radius 3 is 2.05 bits per heavy atom. The molecule has 1 amide bonds. The molecule has 0 bridgehead atoms. The number of hydrogen-bond donors (Lipinski definition) is 1. The van der Waals surface area contributed by atoms with Gasteiger partial charge in [-0.15, -0.1) is 0 Å². The Kier molecular flexibility index (Phi) is 3.90. The zero-order valence-electron chi connectivity index (χ0n) is 9.38. The van der Waals surface area contributed by atoms with Crippen molar-refractivity contribution in [3.05, 3.63) is 63.9 Å². The van der Waals surface area contributed by atoms with Crippen LogP contribution in [0.4, 0.5) is 18.9 Å². The van der Waals surface area contributed by atoms with Crippen LogP contribution < -0.4 is 5.32 Å². The first kappa shape index (κ1) is 13.6. The Hall–Kier alpha value is -1.82. The molecule has 1 N–H and O–H groups in total. The first-order valence-corrected chi connectivity index (χ1v) is 5.98. The van der Waals surface area contributed by atoms with Crippen molar-refractivity contribution < 1.29 is 18.0 Å². The maximum absolute atomic E-state index is 13.3. The second kappa shape index (κ2) is 5.44. The number of nitrogens with one attached hydrogen (secondary N) is 1. The highest BCUT2D eigenvalue weighted by Crippen LogP contribution is 2.21. The van der Waals surface area contributed by atoms with Crippen LogP contribution >= 0.6 is 15.9 Å². The monoisotopic (exact) mass is 329 g/mol. The van der Waals surface area contributed by atoms with E-state index in [1.165, 1.54) is 12.1 Å². The molecule has 0 aliphatic heterocycles. The zero-order chi connectivity index (χ0) is 14.0. The third-order valence-electron chi connectivity index (χ3n) is 2.35. The highest BCUT2D eigenvalue weighted by Gasteiger charge is 2.15. The van der Waals surface area contributed by atoms with Crippen LogP contribution in [-0.4, -0.2) is 5.91 Å². The predicted octanol–water partition coefficient (Wildman–Crippen LogP) is 4.12. The summed E-state index contributed by atoms with van der Waals surface area (Å²) in [6, 6.07) is 7.20. The van der Waals surface area contributed by atoms with Crippen LogP contribution in [0.15, 0.2) is 40.9 Å². The van der Waals surface area contributed by atoms with E-state index in [9.17, 15) is 18.0 Å². The van der Waals surface area contributed by atoms with E-state index >= 15 is 0 Å². The van der Waals surface area contributed by atoms with E-state index in [0.29, 0.717) is 12.1 Å². The molecule has 98 valence electrons. The normalized spacial score (nSPS) is 10.3. The highest BCUT2D eigenvalue weighted by atomic mass is 79.9. The average Bonchev–Trinajstić information content (AvgIpc) is 2.34. The molecular weight excluding hydrogens is 323 g/mol. The third kappa shape index (κ3) is 3.14.